The Kier molecular flexibility index (Phi) is 6.14. The molecule has 26 heavy (non-hydrogen) atoms. The van der Waals surface area contributed by atoms with E-state index in [1.165, 1.54) is 19.3 Å². The summed E-state index contributed by atoms with van der Waals surface area (Å²) in [6.07, 6.45) is 5.13. The first-order chi connectivity index (χ1) is 12.7. The van der Waals surface area contributed by atoms with E-state index in [4.69, 9.17) is 4.42 Å². The zero-order chi connectivity index (χ0) is 18.2. The normalized spacial score (nSPS) is 13.9. The number of hydrogen-bond donors (Lipinski definition) is 3. The van der Waals surface area contributed by atoms with Gasteiger partial charge in [-0.05, 0) is 43.5 Å². The highest BCUT2D eigenvalue weighted by Crippen LogP contribution is 2.28. The molecule has 0 radical (unpaired) electrons. The van der Waals surface area contributed by atoms with Gasteiger partial charge in [-0.1, -0.05) is 12.1 Å². The summed E-state index contributed by atoms with van der Waals surface area (Å²) >= 11 is 0. The molecule has 0 atom stereocenters. The molecule has 3 amide bonds. The number of nitrogens with zero attached hydrogens (tertiary/aromatic N) is 1. The van der Waals surface area contributed by atoms with E-state index in [-0.39, 0.29) is 19.0 Å². The van der Waals surface area contributed by atoms with Gasteiger partial charge in [-0.3, -0.25) is 4.79 Å². The van der Waals surface area contributed by atoms with Gasteiger partial charge in [0.25, 0.3) is 0 Å². The lowest BCUT2D eigenvalue weighted by Gasteiger charge is -2.30. The molecule has 2 aromatic rings. The van der Waals surface area contributed by atoms with Gasteiger partial charge in [0.2, 0.25) is 5.91 Å². The fourth-order valence-corrected chi connectivity index (χ4v) is 2.99. The van der Waals surface area contributed by atoms with E-state index >= 15 is 0 Å². The number of hydrogen-bond acceptors (Lipinski definition) is 4. The second-order valence-electron chi connectivity index (χ2n) is 6.23. The SMILES string of the molecule is O=C(CNC(=O)NCc1ccco1)Nc1ccccc1N1CCCCC1. The van der Waals surface area contributed by atoms with E-state index < -0.39 is 6.03 Å². The standard InChI is InChI=1S/C19H24N4O3/c24-18(14-21-19(25)20-13-15-7-6-12-26-15)22-16-8-2-3-9-17(16)23-10-4-1-5-11-23/h2-3,6-9,12H,1,4-5,10-11,13-14H2,(H,22,24)(H2,20,21,25). The van der Waals surface area contributed by atoms with Crippen LogP contribution in [0.4, 0.5) is 16.2 Å². The third-order valence-electron chi connectivity index (χ3n) is 4.29. The van der Waals surface area contributed by atoms with Gasteiger partial charge in [0, 0.05) is 13.1 Å². The summed E-state index contributed by atoms with van der Waals surface area (Å²) in [5.41, 5.74) is 1.81. The maximum atomic E-state index is 12.2. The Morgan fingerprint density at radius 2 is 1.81 bits per heavy atom. The summed E-state index contributed by atoms with van der Waals surface area (Å²) in [6, 6.07) is 10.9. The zero-order valence-electron chi connectivity index (χ0n) is 14.7. The molecule has 138 valence electrons. The maximum absolute atomic E-state index is 12.2. The van der Waals surface area contributed by atoms with Crippen LogP contribution in [0.3, 0.4) is 0 Å². The third-order valence-corrected chi connectivity index (χ3v) is 4.29. The summed E-state index contributed by atoms with van der Waals surface area (Å²) in [4.78, 5) is 26.2. The highest BCUT2D eigenvalue weighted by atomic mass is 16.3. The zero-order valence-corrected chi connectivity index (χ0v) is 14.7. The van der Waals surface area contributed by atoms with Gasteiger partial charge in [-0.25, -0.2) is 4.79 Å². The summed E-state index contributed by atoms with van der Waals surface area (Å²) in [6.45, 7) is 2.18. The molecule has 7 heteroatoms. The van der Waals surface area contributed by atoms with Crippen LogP contribution in [0.5, 0.6) is 0 Å². The van der Waals surface area contributed by atoms with E-state index in [0.717, 1.165) is 24.5 Å². The highest BCUT2D eigenvalue weighted by Gasteiger charge is 2.15. The fraction of sp³-hybridized carbons (Fsp3) is 0.368. The topological polar surface area (TPSA) is 86.6 Å². The molecule has 1 aromatic heterocycles. The van der Waals surface area contributed by atoms with Crippen molar-refractivity contribution in [2.45, 2.75) is 25.8 Å². The largest absolute Gasteiger partial charge is 0.467 e. The van der Waals surface area contributed by atoms with Crippen molar-refractivity contribution in [3.63, 3.8) is 0 Å². The highest BCUT2D eigenvalue weighted by molar-refractivity contribution is 5.97. The number of rotatable bonds is 6. The van der Waals surface area contributed by atoms with E-state index in [1.807, 2.05) is 24.3 Å². The van der Waals surface area contributed by atoms with Gasteiger partial charge in [-0.15, -0.1) is 0 Å². The Labute approximate surface area is 152 Å². The van der Waals surface area contributed by atoms with Gasteiger partial charge < -0.3 is 25.3 Å². The van der Waals surface area contributed by atoms with Gasteiger partial charge in [0.1, 0.15) is 5.76 Å². The Bertz CT molecular complexity index is 724. The molecule has 2 heterocycles. The first kappa shape index (κ1) is 17.8. The Hall–Kier alpha value is -2.96. The van der Waals surface area contributed by atoms with Crippen LogP contribution in [0.15, 0.2) is 47.1 Å². The molecule has 1 aliphatic heterocycles. The van der Waals surface area contributed by atoms with Crippen LogP contribution in [0.2, 0.25) is 0 Å². The minimum Gasteiger partial charge on any atom is -0.467 e. The molecule has 3 N–H and O–H groups in total. The van der Waals surface area contributed by atoms with Crippen molar-refractivity contribution in [1.29, 1.82) is 0 Å². The minimum atomic E-state index is -0.416. The first-order valence-electron chi connectivity index (χ1n) is 8.90. The lowest BCUT2D eigenvalue weighted by Crippen LogP contribution is -2.39. The average molecular weight is 356 g/mol. The van der Waals surface area contributed by atoms with Crippen LogP contribution in [0.1, 0.15) is 25.0 Å². The molecule has 0 saturated carbocycles. The average Bonchev–Trinajstić information content (AvgIpc) is 3.19. The van der Waals surface area contributed by atoms with E-state index in [2.05, 4.69) is 20.9 Å². The number of carbonyl (C=O) groups excluding carboxylic acids is 2. The van der Waals surface area contributed by atoms with Gasteiger partial charge in [0.05, 0.1) is 30.7 Å². The number of piperidine rings is 1. The monoisotopic (exact) mass is 356 g/mol. The molecule has 0 unspecified atom stereocenters. The predicted octanol–water partition coefficient (Wildman–Crippen LogP) is 2.71. The van der Waals surface area contributed by atoms with E-state index in [9.17, 15) is 9.59 Å². The Balaban J connectivity index is 1.48. The molecule has 1 aliphatic rings. The number of para-hydroxylation sites is 2. The summed E-state index contributed by atoms with van der Waals surface area (Å²) in [5, 5.41) is 8.07. The predicted molar refractivity (Wildman–Crippen MR) is 100 cm³/mol. The van der Waals surface area contributed by atoms with Crippen molar-refractivity contribution >= 4 is 23.3 Å². The molecular formula is C19H24N4O3. The number of anilines is 2. The molecule has 1 fully saturated rings. The smallest absolute Gasteiger partial charge is 0.315 e. The van der Waals surface area contributed by atoms with Crippen molar-refractivity contribution in [2.24, 2.45) is 0 Å². The van der Waals surface area contributed by atoms with Gasteiger partial charge >= 0.3 is 6.03 Å². The van der Waals surface area contributed by atoms with Crippen molar-refractivity contribution in [3.05, 3.63) is 48.4 Å². The molecule has 7 nitrogen and oxygen atoms in total. The number of furan rings is 1. The number of benzene rings is 1. The van der Waals surface area contributed by atoms with Crippen LogP contribution < -0.4 is 20.9 Å². The molecule has 0 bridgehead atoms. The fourth-order valence-electron chi connectivity index (χ4n) is 2.99. The van der Waals surface area contributed by atoms with Crippen LogP contribution in [0.25, 0.3) is 0 Å². The van der Waals surface area contributed by atoms with Crippen molar-refractivity contribution in [3.8, 4) is 0 Å². The third kappa shape index (κ3) is 5.02. The van der Waals surface area contributed by atoms with Crippen molar-refractivity contribution < 1.29 is 14.0 Å². The summed E-state index contributed by atoms with van der Waals surface area (Å²) < 4.78 is 5.13. The molecular weight excluding hydrogens is 332 g/mol. The number of urea groups is 1. The Morgan fingerprint density at radius 3 is 2.58 bits per heavy atom. The van der Waals surface area contributed by atoms with Gasteiger partial charge in [0.15, 0.2) is 0 Å². The lowest BCUT2D eigenvalue weighted by molar-refractivity contribution is -0.115. The maximum Gasteiger partial charge on any atom is 0.315 e. The molecule has 3 rings (SSSR count). The van der Waals surface area contributed by atoms with Crippen LogP contribution in [-0.4, -0.2) is 31.6 Å². The Morgan fingerprint density at radius 1 is 1.00 bits per heavy atom. The van der Waals surface area contributed by atoms with Crippen molar-refractivity contribution in [2.75, 3.05) is 29.9 Å². The van der Waals surface area contributed by atoms with Gasteiger partial charge in [-0.2, -0.15) is 0 Å². The van der Waals surface area contributed by atoms with E-state index in [1.54, 1.807) is 18.4 Å². The molecule has 0 aliphatic carbocycles. The number of nitrogens with one attached hydrogen (secondary N) is 3. The summed E-state index contributed by atoms with van der Waals surface area (Å²) in [5.74, 6) is 0.391. The second-order valence-corrected chi connectivity index (χ2v) is 6.23. The number of amides is 3. The summed E-state index contributed by atoms with van der Waals surface area (Å²) in [7, 11) is 0. The van der Waals surface area contributed by atoms with Crippen molar-refractivity contribution in [1.82, 2.24) is 10.6 Å². The second kappa shape index (κ2) is 8.94. The van der Waals surface area contributed by atoms with Crippen LogP contribution >= 0.6 is 0 Å². The van der Waals surface area contributed by atoms with Crippen LogP contribution in [-0.2, 0) is 11.3 Å². The number of carbonyl (C=O) groups is 2. The van der Waals surface area contributed by atoms with Crippen LogP contribution in [0, 0.1) is 0 Å². The molecule has 1 saturated heterocycles. The quantitative estimate of drug-likeness (QED) is 0.743. The first-order valence-corrected chi connectivity index (χ1v) is 8.90. The molecule has 0 spiro atoms. The van der Waals surface area contributed by atoms with E-state index in [0.29, 0.717) is 5.76 Å². The minimum absolute atomic E-state index is 0.0989. The lowest BCUT2D eigenvalue weighted by atomic mass is 10.1. The molecule has 1 aromatic carbocycles.